The third-order valence-electron chi connectivity index (χ3n) is 3.09. The summed E-state index contributed by atoms with van der Waals surface area (Å²) in [4.78, 5) is 20.8. The third kappa shape index (κ3) is 2.01. The van der Waals surface area contributed by atoms with Gasteiger partial charge in [0.15, 0.2) is 5.65 Å². The molecule has 0 saturated carbocycles. The first-order valence-corrected chi connectivity index (χ1v) is 6.01. The van der Waals surface area contributed by atoms with Crippen molar-refractivity contribution in [2.24, 2.45) is 0 Å². The van der Waals surface area contributed by atoms with Crippen LogP contribution in [0.2, 0.25) is 0 Å². The van der Waals surface area contributed by atoms with Crippen molar-refractivity contribution in [2.75, 3.05) is 14.2 Å². The Balaban J connectivity index is 2.16. The van der Waals surface area contributed by atoms with Gasteiger partial charge >= 0.3 is 5.69 Å². The SMILES string of the molecule is COc1ccc(-c2cnc3[nH]c(=O)[nH]c3c2)c(OC)c1. The van der Waals surface area contributed by atoms with Crippen LogP contribution in [0.4, 0.5) is 0 Å². The molecule has 0 bridgehead atoms. The average molecular weight is 271 g/mol. The fourth-order valence-corrected chi connectivity index (χ4v) is 2.11. The van der Waals surface area contributed by atoms with Crippen molar-refractivity contribution in [1.82, 2.24) is 15.0 Å². The number of methoxy groups -OCH3 is 2. The molecule has 0 aliphatic heterocycles. The Morgan fingerprint density at radius 3 is 2.70 bits per heavy atom. The molecule has 6 heteroatoms. The minimum atomic E-state index is -0.272. The van der Waals surface area contributed by atoms with Crippen molar-refractivity contribution < 1.29 is 9.47 Å². The highest BCUT2D eigenvalue weighted by molar-refractivity contribution is 5.80. The summed E-state index contributed by atoms with van der Waals surface area (Å²) in [7, 11) is 3.20. The van der Waals surface area contributed by atoms with Gasteiger partial charge in [-0.1, -0.05) is 0 Å². The molecule has 0 aliphatic carbocycles. The summed E-state index contributed by atoms with van der Waals surface area (Å²) in [6.07, 6.45) is 1.69. The molecular weight excluding hydrogens is 258 g/mol. The quantitative estimate of drug-likeness (QED) is 0.762. The maximum Gasteiger partial charge on any atom is 0.325 e. The lowest BCUT2D eigenvalue weighted by atomic mass is 10.1. The van der Waals surface area contributed by atoms with Gasteiger partial charge < -0.3 is 14.5 Å². The van der Waals surface area contributed by atoms with Crippen LogP contribution in [0.5, 0.6) is 11.5 Å². The number of aromatic amines is 2. The van der Waals surface area contributed by atoms with Crippen LogP contribution in [0.25, 0.3) is 22.3 Å². The highest BCUT2D eigenvalue weighted by atomic mass is 16.5. The van der Waals surface area contributed by atoms with Crippen molar-refractivity contribution in [3.8, 4) is 22.6 Å². The lowest BCUT2D eigenvalue weighted by Gasteiger charge is -2.10. The summed E-state index contributed by atoms with van der Waals surface area (Å²) in [6, 6.07) is 7.40. The molecular formula is C14H13N3O3. The first kappa shape index (κ1) is 12.3. The Morgan fingerprint density at radius 1 is 1.10 bits per heavy atom. The number of benzene rings is 1. The van der Waals surface area contributed by atoms with Gasteiger partial charge in [0.2, 0.25) is 0 Å². The second kappa shape index (κ2) is 4.73. The van der Waals surface area contributed by atoms with Crippen molar-refractivity contribution in [1.29, 1.82) is 0 Å². The highest BCUT2D eigenvalue weighted by Gasteiger charge is 2.09. The molecule has 102 valence electrons. The van der Waals surface area contributed by atoms with Gasteiger partial charge in [0.25, 0.3) is 0 Å². The summed E-state index contributed by atoms with van der Waals surface area (Å²) in [5, 5.41) is 0. The van der Waals surface area contributed by atoms with Crippen LogP contribution in [0.3, 0.4) is 0 Å². The second-order valence-corrected chi connectivity index (χ2v) is 4.27. The molecule has 0 amide bonds. The molecule has 2 heterocycles. The summed E-state index contributed by atoms with van der Waals surface area (Å²) in [5.74, 6) is 1.40. The number of fused-ring (bicyclic) bond motifs is 1. The fourth-order valence-electron chi connectivity index (χ4n) is 2.11. The standard InChI is InChI=1S/C14H13N3O3/c1-19-9-3-4-10(12(6-9)20-2)8-5-11-13(15-7-8)17-14(18)16-11/h3-7H,1-2H3,(H2,15,16,17,18). The Morgan fingerprint density at radius 2 is 1.95 bits per heavy atom. The Kier molecular flexibility index (Phi) is 2.90. The van der Waals surface area contributed by atoms with Crippen molar-refractivity contribution in [2.45, 2.75) is 0 Å². The van der Waals surface area contributed by atoms with Gasteiger partial charge in [0.1, 0.15) is 11.5 Å². The van der Waals surface area contributed by atoms with Crippen LogP contribution >= 0.6 is 0 Å². The molecule has 0 atom stereocenters. The normalized spacial score (nSPS) is 10.7. The Bertz CT molecular complexity index is 820. The minimum absolute atomic E-state index is 0.272. The van der Waals surface area contributed by atoms with Crippen LogP contribution in [-0.4, -0.2) is 29.2 Å². The molecule has 1 aromatic carbocycles. The number of hydrogen-bond donors (Lipinski definition) is 2. The fraction of sp³-hybridized carbons (Fsp3) is 0.143. The van der Waals surface area contributed by atoms with Gasteiger partial charge in [-0.2, -0.15) is 0 Å². The topological polar surface area (TPSA) is 80.0 Å². The van der Waals surface area contributed by atoms with Gasteiger partial charge in [0, 0.05) is 23.4 Å². The van der Waals surface area contributed by atoms with Gasteiger partial charge in [0.05, 0.1) is 19.7 Å². The van der Waals surface area contributed by atoms with Crippen LogP contribution < -0.4 is 15.2 Å². The zero-order valence-electron chi connectivity index (χ0n) is 11.1. The number of ether oxygens (including phenoxy) is 2. The lowest BCUT2D eigenvalue weighted by molar-refractivity contribution is 0.395. The average Bonchev–Trinajstić information content (AvgIpc) is 2.85. The zero-order chi connectivity index (χ0) is 14.1. The van der Waals surface area contributed by atoms with E-state index in [0.29, 0.717) is 16.9 Å². The molecule has 3 rings (SSSR count). The van der Waals surface area contributed by atoms with Crippen LogP contribution in [0, 0.1) is 0 Å². The van der Waals surface area contributed by atoms with Gasteiger partial charge in [-0.05, 0) is 18.2 Å². The number of hydrogen-bond acceptors (Lipinski definition) is 4. The minimum Gasteiger partial charge on any atom is -0.497 e. The molecule has 3 aromatic rings. The van der Waals surface area contributed by atoms with E-state index in [2.05, 4.69) is 15.0 Å². The Labute approximate surface area is 114 Å². The summed E-state index contributed by atoms with van der Waals surface area (Å²) in [5.41, 5.74) is 2.65. The van der Waals surface area contributed by atoms with Gasteiger partial charge in [-0.15, -0.1) is 0 Å². The maximum absolute atomic E-state index is 11.3. The van der Waals surface area contributed by atoms with E-state index in [4.69, 9.17) is 9.47 Å². The van der Waals surface area contributed by atoms with E-state index in [0.717, 1.165) is 16.9 Å². The molecule has 0 saturated heterocycles. The molecule has 0 aliphatic rings. The number of rotatable bonds is 3. The molecule has 0 unspecified atom stereocenters. The largest absolute Gasteiger partial charge is 0.497 e. The van der Waals surface area contributed by atoms with E-state index in [9.17, 15) is 4.79 Å². The van der Waals surface area contributed by atoms with Crippen molar-refractivity contribution >= 4 is 11.2 Å². The number of imidazole rings is 1. The predicted octanol–water partition coefficient (Wildman–Crippen LogP) is 1.94. The molecule has 2 aromatic heterocycles. The highest BCUT2D eigenvalue weighted by Crippen LogP contribution is 2.33. The van der Waals surface area contributed by atoms with Crippen LogP contribution in [0.1, 0.15) is 0 Å². The summed E-state index contributed by atoms with van der Waals surface area (Å²) < 4.78 is 10.5. The smallest absolute Gasteiger partial charge is 0.325 e. The van der Waals surface area contributed by atoms with E-state index in [1.165, 1.54) is 0 Å². The summed E-state index contributed by atoms with van der Waals surface area (Å²) >= 11 is 0. The van der Waals surface area contributed by atoms with E-state index >= 15 is 0 Å². The number of pyridine rings is 1. The molecule has 0 spiro atoms. The molecule has 0 radical (unpaired) electrons. The van der Waals surface area contributed by atoms with Crippen molar-refractivity contribution in [3.05, 3.63) is 40.9 Å². The predicted molar refractivity (Wildman–Crippen MR) is 75.3 cm³/mol. The number of aromatic nitrogens is 3. The lowest BCUT2D eigenvalue weighted by Crippen LogP contribution is -1.99. The van der Waals surface area contributed by atoms with E-state index in [1.807, 2.05) is 18.2 Å². The maximum atomic E-state index is 11.3. The van der Waals surface area contributed by atoms with E-state index in [-0.39, 0.29) is 5.69 Å². The van der Waals surface area contributed by atoms with E-state index < -0.39 is 0 Å². The molecule has 6 nitrogen and oxygen atoms in total. The number of nitrogens with zero attached hydrogens (tertiary/aromatic N) is 1. The van der Waals surface area contributed by atoms with E-state index in [1.54, 1.807) is 26.5 Å². The first-order valence-electron chi connectivity index (χ1n) is 6.01. The van der Waals surface area contributed by atoms with Crippen LogP contribution in [-0.2, 0) is 0 Å². The van der Waals surface area contributed by atoms with Gasteiger partial charge in [-0.3, -0.25) is 4.98 Å². The van der Waals surface area contributed by atoms with Crippen molar-refractivity contribution in [3.63, 3.8) is 0 Å². The van der Waals surface area contributed by atoms with Gasteiger partial charge in [-0.25, -0.2) is 9.78 Å². The number of nitrogens with one attached hydrogen (secondary N) is 2. The third-order valence-corrected chi connectivity index (χ3v) is 3.09. The monoisotopic (exact) mass is 271 g/mol. The number of H-pyrrole nitrogens is 2. The van der Waals surface area contributed by atoms with Crippen LogP contribution in [0.15, 0.2) is 35.3 Å². The summed E-state index contributed by atoms with van der Waals surface area (Å²) in [6.45, 7) is 0. The molecule has 2 N–H and O–H groups in total. The Hall–Kier alpha value is -2.76. The zero-order valence-corrected chi connectivity index (χ0v) is 11.1. The molecule has 0 fully saturated rings. The first-order chi connectivity index (χ1) is 9.71. The second-order valence-electron chi connectivity index (χ2n) is 4.27. The molecule has 20 heavy (non-hydrogen) atoms.